The number of ether oxygens (including phenoxy) is 1. The fourth-order valence-corrected chi connectivity index (χ4v) is 2.75. The molecule has 0 atom stereocenters. The molecule has 0 saturated heterocycles. The van der Waals surface area contributed by atoms with E-state index in [1.54, 1.807) is 24.3 Å². The minimum atomic E-state index is -0.343. The van der Waals surface area contributed by atoms with Crippen LogP contribution in [0.15, 0.2) is 60.9 Å². The molecule has 3 rings (SSSR count). The predicted molar refractivity (Wildman–Crippen MR) is 107 cm³/mol. The van der Waals surface area contributed by atoms with E-state index in [0.717, 1.165) is 6.42 Å². The number of halogens is 1. The van der Waals surface area contributed by atoms with E-state index in [1.165, 1.54) is 19.0 Å². The number of benzene rings is 2. The van der Waals surface area contributed by atoms with Crippen molar-refractivity contribution in [3.05, 3.63) is 77.2 Å². The van der Waals surface area contributed by atoms with Crippen LogP contribution in [0.2, 0.25) is 5.02 Å². The van der Waals surface area contributed by atoms with Crippen molar-refractivity contribution in [2.75, 3.05) is 24.3 Å². The van der Waals surface area contributed by atoms with Crippen LogP contribution in [0.1, 0.15) is 16.1 Å². The molecule has 138 valence electrons. The summed E-state index contributed by atoms with van der Waals surface area (Å²) in [7, 11) is 1.53. The molecule has 0 saturated carbocycles. The number of nitrogens with zero attached hydrogens (tertiary/aromatic N) is 2. The van der Waals surface area contributed by atoms with Gasteiger partial charge in [0.15, 0.2) is 0 Å². The third-order valence-electron chi connectivity index (χ3n) is 3.87. The molecule has 2 aromatic carbocycles. The van der Waals surface area contributed by atoms with Crippen molar-refractivity contribution in [2.45, 2.75) is 6.42 Å². The monoisotopic (exact) mass is 382 g/mol. The standard InChI is InChI=1S/C20H19ClN4O2/c1-27-18-8-7-15(11-16(18)21)25-20(26)17-12-19(24-13-23-17)22-10-9-14-5-3-2-4-6-14/h2-8,11-13H,9-10H2,1H3,(H,25,26)(H,22,23,24). The molecular formula is C20H19ClN4O2. The van der Waals surface area contributed by atoms with Crippen LogP contribution in [0, 0.1) is 0 Å². The zero-order chi connectivity index (χ0) is 19.1. The Bertz CT molecular complexity index is 919. The lowest BCUT2D eigenvalue weighted by Gasteiger charge is -2.09. The van der Waals surface area contributed by atoms with Gasteiger partial charge in [-0.25, -0.2) is 9.97 Å². The second-order valence-corrected chi connectivity index (χ2v) is 6.16. The molecule has 0 spiro atoms. The van der Waals surface area contributed by atoms with Crippen LogP contribution in [-0.4, -0.2) is 29.5 Å². The molecular weight excluding hydrogens is 364 g/mol. The number of rotatable bonds is 7. The van der Waals surface area contributed by atoms with Crippen molar-refractivity contribution < 1.29 is 9.53 Å². The summed E-state index contributed by atoms with van der Waals surface area (Å²) in [6, 6.07) is 16.8. The van der Waals surface area contributed by atoms with Gasteiger partial charge in [-0.1, -0.05) is 41.9 Å². The van der Waals surface area contributed by atoms with Gasteiger partial charge in [0.05, 0.1) is 12.1 Å². The third-order valence-corrected chi connectivity index (χ3v) is 4.17. The zero-order valence-corrected chi connectivity index (χ0v) is 15.5. The minimum absolute atomic E-state index is 0.263. The summed E-state index contributed by atoms with van der Waals surface area (Å²) < 4.78 is 5.10. The van der Waals surface area contributed by atoms with E-state index in [-0.39, 0.29) is 11.6 Å². The summed E-state index contributed by atoms with van der Waals surface area (Å²) in [4.78, 5) is 20.6. The highest BCUT2D eigenvalue weighted by atomic mass is 35.5. The van der Waals surface area contributed by atoms with E-state index in [1.807, 2.05) is 18.2 Å². The largest absolute Gasteiger partial charge is 0.495 e. The average Bonchev–Trinajstić information content (AvgIpc) is 2.69. The summed E-state index contributed by atoms with van der Waals surface area (Å²) in [5.74, 6) is 0.796. The molecule has 0 fully saturated rings. The molecule has 2 N–H and O–H groups in total. The topological polar surface area (TPSA) is 76.1 Å². The molecule has 1 heterocycles. The Morgan fingerprint density at radius 1 is 1.11 bits per heavy atom. The van der Waals surface area contributed by atoms with Crippen molar-refractivity contribution in [3.63, 3.8) is 0 Å². The third kappa shape index (κ3) is 5.18. The highest BCUT2D eigenvalue weighted by molar-refractivity contribution is 6.32. The molecule has 0 aliphatic rings. The van der Waals surface area contributed by atoms with E-state index in [9.17, 15) is 4.79 Å². The maximum Gasteiger partial charge on any atom is 0.274 e. The highest BCUT2D eigenvalue weighted by Crippen LogP contribution is 2.27. The smallest absolute Gasteiger partial charge is 0.274 e. The number of carbonyl (C=O) groups is 1. The number of nitrogens with one attached hydrogen (secondary N) is 2. The molecule has 3 aromatic rings. The van der Waals surface area contributed by atoms with Crippen LogP contribution in [0.5, 0.6) is 5.75 Å². The number of hydrogen-bond acceptors (Lipinski definition) is 5. The number of aromatic nitrogens is 2. The Morgan fingerprint density at radius 2 is 1.93 bits per heavy atom. The van der Waals surface area contributed by atoms with Gasteiger partial charge >= 0.3 is 0 Å². The van der Waals surface area contributed by atoms with Crippen molar-refractivity contribution in [1.82, 2.24) is 9.97 Å². The van der Waals surface area contributed by atoms with Gasteiger partial charge < -0.3 is 15.4 Å². The van der Waals surface area contributed by atoms with Gasteiger partial charge in [-0.15, -0.1) is 0 Å². The van der Waals surface area contributed by atoms with E-state index in [4.69, 9.17) is 16.3 Å². The number of methoxy groups -OCH3 is 1. The van der Waals surface area contributed by atoms with Crippen LogP contribution in [0.4, 0.5) is 11.5 Å². The van der Waals surface area contributed by atoms with Gasteiger partial charge in [0, 0.05) is 18.3 Å². The maximum absolute atomic E-state index is 12.4. The van der Waals surface area contributed by atoms with Crippen LogP contribution in [-0.2, 0) is 6.42 Å². The van der Waals surface area contributed by atoms with Gasteiger partial charge in [-0.05, 0) is 30.2 Å². The fourth-order valence-electron chi connectivity index (χ4n) is 2.50. The Kier molecular flexibility index (Phi) is 6.22. The molecule has 6 nitrogen and oxygen atoms in total. The molecule has 0 bridgehead atoms. The number of hydrogen-bond donors (Lipinski definition) is 2. The number of amides is 1. The second kappa shape index (κ2) is 9.00. The molecule has 1 amide bonds. The summed E-state index contributed by atoms with van der Waals surface area (Å²) in [6.45, 7) is 0.705. The lowest BCUT2D eigenvalue weighted by atomic mass is 10.1. The SMILES string of the molecule is COc1ccc(NC(=O)c2cc(NCCc3ccccc3)ncn2)cc1Cl. The first-order valence-electron chi connectivity index (χ1n) is 8.40. The average molecular weight is 383 g/mol. The first kappa shape index (κ1) is 18.7. The summed E-state index contributed by atoms with van der Waals surface area (Å²) in [5, 5.41) is 6.39. The van der Waals surface area contributed by atoms with Gasteiger partial charge in [0.2, 0.25) is 0 Å². The van der Waals surface area contributed by atoms with Crippen molar-refractivity contribution in [2.24, 2.45) is 0 Å². The van der Waals surface area contributed by atoms with Gasteiger partial charge in [-0.3, -0.25) is 4.79 Å². The van der Waals surface area contributed by atoms with Crippen LogP contribution >= 0.6 is 11.6 Å². The van der Waals surface area contributed by atoms with Gasteiger partial charge in [0.1, 0.15) is 23.6 Å². The number of anilines is 2. The van der Waals surface area contributed by atoms with Crippen LogP contribution in [0.3, 0.4) is 0 Å². The van der Waals surface area contributed by atoms with E-state index in [2.05, 4.69) is 32.7 Å². The van der Waals surface area contributed by atoms with E-state index >= 15 is 0 Å². The van der Waals surface area contributed by atoms with Crippen LogP contribution < -0.4 is 15.4 Å². The second-order valence-electron chi connectivity index (χ2n) is 5.75. The summed E-state index contributed by atoms with van der Waals surface area (Å²) in [5.41, 5.74) is 2.05. The Balaban J connectivity index is 1.60. The molecule has 7 heteroatoms. The molecule has 0 unspecified atom stereocenters. The first-order valence-corrected chi connectivity index (χ1v) is 8.78. The lowest BCUT2D eigenvalue weighted by molar-refractivity contribution is 0.102. The highest BCUT2D eigenvalue weighted by Gasteiger charge is 2.10. The molecule has 27 heavy (non-hydrogen) atoms. The maximum atomic E-state index is 12.4. The first-order chi connectivity index (χ1) is 13.2. The van der Waals surface area contributed by atoms with Gasteiger partial charge in [0.25, 0.3) is 5.91 Å². The van der Waals surface area contributed by atoms with Crippen LogP contribution in [0.25, 0.3) is 0 Å². The molecule has 0 aliphatic heterocycles. The lowest BCUT2D eigenvalue weighted by Crippen LogP contribution is -2.15. The van der Waals surface area contributed by atoms with E-state index < -0.39 is 0 Å². The predicted octanol–water partition coefficient (Wildman–Crippen LogP) is 4.05. The Labute approximate surface area is 162 Å². The molecule has 1 aromatic heterocycles. The van der Waals surface area contributed by atoms with E-state index in [0.29, 0.717) is 28.8 Å². The quantitative estimate of drug-likeness (QED) is 0.644. The van der Waals surface area contributed by atoms with Crippen molar-refractivity contribution in [3.8, 4) is 5.75 Å². The zero-order valence-electron chi connectivity index (χ0n) is 14.8. The molecule has 0 aliphatic carbocycles. The minimum Gasteiger partial charge on any atom is -0.495 e. The Morgan fingerprint density at radius 3 is 2.67 bits per heavy atom. The molecule has 0 radical (unpaired) electrons. The normalized spacial score (nSPS) is 10.3. The van der Waals surface area contributed by atoms with Gasteiger partial charge in [-0.2, -0.15) is 0 Å². The number of carbonyl (C=O) groups excluding carboxylic acids is 1. The van der Waals surface area contributed by atoms with Crippen molar-refractivity contribution >= 4 is 29.0 Å². The van der Waals surface area contributed by atoms with Crippen molar-refractivity contribution in [1.29, 1.82) is 0 Å². The summed E-state index contributed by atoms with van der Waals surface area (Å²) in [6.07, 6.45) is 2.22. The summed E-state index contributed by atoms with van der Waals surface area (Å²) >= 11 is 6.08. The Hall–Kier alpha value is -3.12. The fraction of sp³-hybridized carbons (Fsp3) is 0.150.